The summed E-state index contributed by atoms with van der Waals surface area (Å²) >= 11 is 1.46. The second kappa shape index (κ2) is 9.12. The number of carbonyl (C=O) groups is 1. The van der Waals surface area contributed by atoms with Crippen molar-refractivity contribution in [3.8, 4) is 5.75 Å². The van der Waals surface area contributed by atoms with Crippen molar-refractivity contribution < 1.29 is 9.53 Å². The highest BCUT2D eigenvalue weighted by Gasteiger charge is 2.29. The maximum absolute atomic E-state index is 13.1. The summed E-state index contributed by atoms with van der Waals surface area (Å²) in [6.07, 6.45) is 7.67. The Labute approximate surface area is 188 Å². The van der Waals surface area contributed by atoms with E-state index in [-0.39, 0.29) is 5.91 Å². The zero-order valence-electron chi connectivity index (χ0n) is 18.3. The number of hydrogen-bond donors (Lipinski definition) is 0. The van der Waals surface area contributed by atoms with E-state index < -0.39 is 0 Å². The molecule has 8 heteroatoms. The van der Waals surface area contributed by atoms with Gasteiger partial charge in [0.05, 0.1) is 12.3 Å². The first-order valence-corrected chi connectivity index (χ1v) is 12.4. The lowest BCUT2D eigenvalue weighted by Gasteiger charge is -2.43. The van der Waals surface area contributed by atoms with Crippen LogP contribution in [0.25, 0.3) is 0 Å². The van der Waals surface area contributed by atoms with Crippen LogP contribution in [-0.4, -0.2) is 77.6 Å². The number of fused-ring (bicyclic) bond motifs is 1. The molecular formula is C23H31N5O2S. The van der Waals surface area contributed by atoms with Gasteiger partial charge >= 0.3 is 0 Å². The molecule has 2 aliphatic heterocycles. The van der Waals surface area contributed by atoms with Crippen LogP contribution in [0.5, 0.6) is 5.75 Å². The minimum atomic E-state index is 0.0616. The van der Waals surface area contributed by atoms with Gasteiger partial charge in [0.2, 0.25) is 5.95 Å². The van der Waals surface area contributed by atoms with Crippen molar-refractivity contribution in [1.82, 2.24) is 19.8 Å². The van der Waals surface area contributed by atoms with Crippen LogP contribution in [0.1, 0.15) is 47.1 Å². The molecule has 166 valence electrons. The van der Waals surface area contributed by atoms with Crippen molar-refractivity contribution in [3.63, 3.8) is 0 Å². The lowest BCUT2D eigenvalue weighted by Crippen LogP contribution is -2.52. The molecule has 2 aromatic rings. The van der Waals surface area contributed by atoms with Crippen LogP contribution in [0.2, 0.25) is 0 Å². The van der Waals surface area contributed by atoms with E-state index in [1.165, 1.54) is 36.2 Å². The van der Waals surface area contributed by atoms with Crippen LogP contribution in [0, 0.1) is 0 Å². The smallest absolute Gasteiger partial charge is 0.267 e. The Morgan fingerprint density at radius 2 is 1.97 bits per heavy atom. The monoisotopic (exact) mass is 441 g/mol. The summed E-state index contributed by atoms with van der Waals surface area (Å²) in [5, 5.41) is 1.92. The van der Waals surface area contributed by atoms with Gasteiger partial charge in [0.25, 0.3) is 5.91 Å². The van der Waals surface area contributed by atoms with Crippen molar-refractivity contribution in [3.05, 3.63) is 33.8 Å². The van der Waals surface area contributed by atoms with E-state index in [0.717, 1.165) is 56.7 Å². The second-order valence-corrected chi connectivity index (χ2v) is 9.50. The Kier molecular flexibility index (Phi) is 6.09. The summed E-state index contributed by atoms with van der Waals surface area (Å²) < 4.78 is 5.63. The van der Waals surface area contributed by atoms with E-state index in [9.17, 15) is 4.79 Å². The van der Waals surface area contributed by atoms with Crippen LogP contribution in [0.3, 0.4) is 0 Å². The molecule has 0 N–H and O–H groups in total. The first-order chi connectivity index (χ1) is 15.2. The zero-order valence-corrected chi connectivity index (χ0v) is 19.1. The minimum Gasteiger partial charge on any atom is -0.492 e. The molecule has 1 saturated carbocycles. The van der Waals surface area contributed by atoms with Gasteiger partial charge in [-0.05, 0) is 43.2 Å². The number of rotatable bonds is 5. The number of thiophene rings is 1. The van der Waals surface area contributed by atoms with E-state index >= 15 is 0 Å². The van der Waals surface area contributed by atoms with Crippen LogP contribution in [0.4, 0.5) is 5.95 Å². The van der Waals surface area contributed by atoms with Gasteiger partial charge in [-0.3, -0.25) is 9.69 Å². The summed E-state index contributed by atoms with van der Waals surface area (Å²) in [7, 11) is 0. The molecule has 0 spiro atoms. The highest BCUT2D eigenvalue weighted by molar-refractivity contribution is 7.12. The van der Waals surface area contributed by atoms with E-state index in [4.69, 9.17) is 14.7 Å². The molecule has 0 atom stereocenters. The largest absolute Gasteiger partial charge is 0.492 e. The highest BCUT2D eigenvalue weighted by atomic mass is 32.1. The number of aromatic nitrogens is 2. The van der Waals surface area contributed by atoms with Gasteiger partial charge < -0.3 is 14.5 Å². The van der Waals surface area contributed by atoms with Gasteiger partial charge in [0, 0.05) is 57.9 Å². The first kappa shape index (κ1) is 20.7. The topological polar surface area (TPSA) is 61.8 Å². The Bertz CT molecular complexity index is 920. The number of nitrogens with zero attached hydrogens (tertiary/aromatic N) is 5. The second-order valence-electron chi connectivity index (χ2n) is 8.59. The molecule has 7 nitrogen and oxygen atoms in total. The van der Waals surface area contributed by atoms with E-state index in [2.05, 4.69) is 9.80 Å². The average Bonchev–Trinajstić information content (AvgIpc) is 3.11. The Morgan fingerprint density at radius 1 is 1.16 bits per heavy atom. The third-order valence-electron chi connectivity index (χ3n) is 6.81. The van der Waals surface area contributed by atoms with Crippen molar-refractivity contribution in [1.29, 1.82) is 0 Å². The fourth-order valence-corrected chi connectivity index (χ4v) is 5.53. The van der Waals surface area contributed by atoms with Crippen LogP contribution in [-0.2, 0) is 12.8 Å². The third kappa shape index (κ3) is 4.28. The Morgan fingerprint density at radius 3 is 2.71 bits per heavy atom. The maximum atomic E-state index is 13.1. The lowest BCUT2D eigenvalue weighted by molar-refractivity contribution is 0.0764. The van der Waals surface area contributed by atoms with E-state index in [1.54, 1.807) is 0 Å². The third-order valence-corrected chi connectivity index (χ3v) is 7.69. The molecule has 31 heavy (non-hydrogen) atoms. The molecule has 1 saturated heterocycles. The number of ether oxygens (including phenoxy) is 1. The van der Waals surface area contributed by atoms with Crippen molar-refractivity contribution in [2.24, 2.45) is 0 Å². The number of piperazine rings is 1. The summed E-state index contributed by atoms with van der Waals surface area (Å²) in [5.74, 6) is 1.61. The number of carbonyl (C=O) groups excluding carboxylic acids is 1. The van der Waals surface area contributed by atoms with Crippen LogP contribution in [0.15, 0.2) is 17.6 Å². The number of hydrogen-bond acceptors (Lipinski definition) is 7. The Balaban J connectivity index is 1.23. The molecule has 2 fully saturated rings. The molecule has 4 heterocycles. The maximum Gasteiger partial charge on any atom is 0.267 e. The normalized spacial score (nSPS) is 20.2. The van der Waals surface area contributed by atoms with Crippen molar-refractivity contribution >= 4 is 23.2 Å². The summed E-state index contributed by atoms with van der Waals surface area (Å²) in [4.78, 5) is 30.3. The molecular weight excluding hydrogens is 410 g/mol. The van der Waals surface area contributed by atoms with Crippen LogP contribution >= 0.6 is 11.3 Å². The molecule has 2 aromatic heterocycles. The first-order valence-electron chi connectivity index (χ1n) is 11.6. The molecule has 3 aliphatic rings. The average molecular weight is 442 g/mol. The molecule has 1 aliphatic carbocycles. The zero-order chi connectivity index (χ0) is 21.2. The highest BCUT2D eigenvalue weighted by Crippen LogP contribution is 2.28. The minimum absolute atomic E-state index is 0.0616. The SMILES string of the molecule is CCOc1ccsc1C(=O)N1CCc2cnc(N3CCN(C4CCC4)CC3)nc2CC1. The Hall–Kier alpha value is -2.19. The predicted molar refractivity (Wildman–Crippen MR) is 122 cm³/mol. The van der Waals surface area contributed by atoms with Crippen molar-refractivity contribution in [2.75, 3.05) is 50.8 Å². The summed E-state index contributed by atoms with van der Waals surface area (Å²) in [6, 6.07) is 2.70. The van der Waals surface area contributed by atoms with E-state index in [1.807, 2.05) is 29.5 Å². The summed E-state index contributed by atoms with van der Waals surface area (Å²) in [6.45, 7) is 8.09. The quantitative estimate of drug-likeness (QED) is 0.711. The number of anilines is 1. The van der Waals surface area contributed by atoms with E-state index in [0.29, 0.717) is 30.3 Å². The molecule has 1 amide bonds. The van der Waals surface area contributed by atoms with Crippen LogP contribution < -0.4 is 9.64 Å². The molecule has 0 aromatic carbocycles. The van der Waals surface area contributed by atoms with Gasteiger partial charge in [-0.25, -0.2) is 9.97 Å². The standard InChI is InChI=1S/C23H31N5O2S/c1-2-30-20-8-15-31-21(20)22(29)27-9-6-17-16-24-23(25-19(17)7-10-27)28-13-11-26(12-14-28)18-4-3-5-18/h8,15-16,18H,2-7,9-14H2,1H3. The fraction of sp³-hybridized carbons (Fsp3) is 0.609. The van der Waals surface area contributed by atoms with Gasteiger partial charge in [-0.2, -0.15) is 0 Å². The lowest BCUT2D eigenvalue weighted by atomic mass is 9.91. The fourth-order valence-electron chi connectivity index (χ4n) is 4.73. The summed E-state index contributed by atoms with van der Waals surface area (Å²) in [5.41, 5.74) is 2.27. The number of amides is 1. The van der Waals surface area contributed by atoms with Gasteiger partial charge in [-0.1, -0.05) is 6.42 Å². The van der Waals surface area contributed by atoms with Gasteiger partial charge in [-0.15, -0.1) is 11.3 Å². The molecule has 0 unspecified atom stereocenters. The predicted octanol–water partition coefficient (Wildman–Crippen LogP) is 2.85. The molecule has 0 bridgehead atoms. The molecule has 0 radical (unpaired) electrons. The van der Waals surface area contributed by atoms with Gasteiger partial charge in [0.15, 0.2) is 0 Å². The van der Waals surface area contributed by atoms with Crippen molar-refractivity contribution in [2.45, 2.75) is 45.1 Å². The van der Waals surface area contributed by atoms with Gasteiger partial charge in [0.1, 0.15) is 10.6 Å². The molecule has 5 rings (SSSR count).